The van der Waals surface area contributed by atoms with E-state index >= 15 is 0 Å². The maximum absolute atomic E-state index is 12.5. The number of aryl methyl sites for hydroxylation is 1. The molecule has 0 spiro atoms. The summed E-state index contributed by atoms with van der Waals surface area (Å²) in [5.74, 6) is 1.38. The topological polar surface area (TPSA) is 76.5 Å². The molecule has 0 amide bonds. The van der Waals surface area contributed by atoms with Crippen molar-refractivity contribution in [3.8, 4) is 17.1 Å². The molecule has 5 rings (SSSR count). The van der Waals surface area contributed by atoms with Gasteiger partial charge in [0.05, 0.1) is 16.2 Å². The van der Waals surface area contributed by atoms with E-state index in [1.165, 1.54) is 17.3 Å². The van der Waals surface area contributed by atoms with Gasteiger partial charge in [-0.2, -0.15) is 0 Å². The smallest absolute Gasteiger partial charge is 0.258 e. The third-order valence-electron chi connectivity index (χ3n) is 5.26. The Morgan fingerprint density at radius 1 is 0.906 bits per heavy atom. The first kappa shape index (κ1) is 20.2. The van der Waals surface area contributed by atoms with E-state index in [9.17, 15) is 4.79 Å². The quantitative estimate of drug-likeness (QED) is 0.375. The molecule has 7 heteroatoms. The fourth-order valence-electron chi connectivity index (χ4n) is 3.56. The molecule has 0 radical (unpaired) electrons. The molecule has 5 aromatic rings. The average molecular weight is 440 g/mol. The number of para-hydroxylation sites is 2. The molecule has 158 valence electrons. The van der Waals surface area contributed by atoms with Gasteiger partial charge in [0.25, 0.3) is 5.56 Å². The number of rotatable bonds is 5. The summed E-state index contributed by atoms with van der Waals surface area (Å²) >= 11 is 1.51. The fourth-order valence-corrected chi connectivity index (χ4v) is 4.48. The van der Waals surface area contributed by atoms with Crippen LogP contribution in [0.1, 0.15) is 23.6 Å². The minimum Gasteiger partial charge on any atom is -0.309 e. The summed E-state index contributed by atoms with van der Waals surface area (Å²) < 4.78 is 2.05. The maximum atomic E-state index is 12.5. The van der Waals surface area contributed by atoms with Crippen LogP contribution in [0.2, 0.25) is 0 Å². The first-order chi connectivity index (χ1) is 15.6. The fraction of sp³-hybridized carbons (Fsp3) is 0.120. The van der Waals surface area contributed by atoms with Crippen LogP contribution in [-0.2, 0) is 0 Å². The second-order valence-electron chi connectivity index (χ2n) is 7.57. The first-order valence-corrected chi connectivity index (χ1v) is 11.2. The highest BCUT2D eigenvalue weighted by atomic mass is 32.2. The van der Waals surface area contributed by atoms with Crippen molar-refractivity contribution >= 4 is 22.7 Å². The summed E-state index contributed by atoms with van der Waals surface area (Å²) in [4.78, 5) is 20.1. The Morgan fingerprint density at radius 2 is 1.62 bits per heavy atom. The highest BCUT2D eigenvalue weighted by molar-refractivity contribution is 7.99. The molecule has 0 fully saturated rings. The van der Waals surface area contributed by atoms with Gasteiger partial charge in [-0.1, -0.05) is 71.9 Å². The molecule has 0 aliphatic rings. The van der Waals surface area contributed by atoms with Crippen molar-refractivity contribution in [2.45, 2.75) is 24.3 Å². The predicted molar refractivity (Wildman–Crippen MR) is 128 cm³/mol. The van der Waals surface area contributed by atoms with Crippen LogP contribution in [0, 0.1) is 6.92 Å². The van der Waals surface area contributed by atoms with E-state index in [0.717, 1.165) is 22.2 Å². The molecular formula is C25H21N5OS. The van der Waals surface area contributed by atoms with Crippen LogP contribution >= 0.6 is 11.8 Å². The van der Waals surface area contributed by atoms with Gasteiger partial charge in [0.15, 0.2) is 11.0 Å². The number of hydrogen-bond acceptors (Lipinski definition) is 5. The third-order valence-corrected chi connectivity index (χ3v) is 6.31. The van der Waals surface area contributed by atoms with Crippen molar-refractivity contribution in [2.75, 3.05) is 0 Å². The van der Waals surface area contributed by atoms with E-state index in [-0.39, 0.29) is 10.8 Å². The minimum absolute atomic E-state index is 0.134. The third kappa shape index (κ3) is 3.83. The SMILES string of the molecule is Cc1ccc(-c2nnc(S[C@H](C)c3nc4ccccc4c(=O)[nH]3)n2-c2ccccc2)cc1. The Kier molecular flexibility index (Phi) is 5.33. The summed E-state index contributed by atoms with van der Waals surface area (Å²) in [7, 11) is 0. The molecule has 0 saturated carbocycles. The number of fused-ring (bicyclic) bond motifs is 1. The summed E-state index contributed by atoms with van der Waals surface area (Å²) in [6.45, 7) is 4.07. The Hall–Kier alpha value is -3.71. The molecule has 6 nitrogen and oxygen atoms in total. The second-order valence-corrected chi connectivity index (χ2v) is 8.88. The first-order valence-electron chi connectivity index (χ1n) is 10.3. The molecular weight excluding hydrogens is 418 g/mol. The molecule has 0 aliphatic carbocycles. The minimum atomic E-state index is -0.136. The summed E-state index contributed by atoms with van der Waals surface area (Å²) in [6.07, 6.45) is 0. The molecule has 2 aromatic heterocycles. The van der Waals surface area contributed by atoms with Crippen molar-refractivity contribution in [1.82, 2.24) is 24.7 Å². The van der Waals surface area contributed by atoms with Gasteiger partial charge < -0.3 is 4.98 Å². The van der Waals surface area contributed by atoms with Crippen molar-refractivity contribution < 1.29 is 0 Å². The monoisotopic (exact) mass is 439 g/mol. The lowest BCUT2D eigenvalue weighted by atomic mass is 10.1. The molecule has 0 aliphatic heterocycles. The normalized spacial score (nSPS) is 12.2. The number of thioether (sulfide) groups is 1. The Labute approximate surface area is 189 Å². The van der Waals surface area contributed by atoms with Gasteiger partial charge in [0, 0.05) is 11.3 Å². The average Bonchev–Trinajstić information content (AvgIpc) is 3.23. The van der Waals surface area contributed by atoms with Crippen LogP contribution in [-0.4, -0.2) is 24.7 Å². The molecule has 1 N–H and O–H groups in total. The van der Waals surface area contributed by atoms with E-state index in [0.29, 0.717) is 16.7 Å². The zero-order chi connectivity index (χ0) is 22.1. The van der Waals surface area contributed by atoms with E-state index < -0.39 is 0 Å². The zero-order valence-electron chi connectivity index (χ0n) is 17.7. The van der Waals surface area contributed by atoms with Crippen LogP contribution in [0.15, 0.2) is 88.8 Å². The van der Waals surface area contributed by atoms with Gasteiger partial charge in [-0.15, -0.1) is 10.2 Å². The highest BCUT2D eigenvalue weighted by Gasteiger charge is 2.20. The summed E-state index contributed by atoms with van der Waals surface area (Å²) in [5, 5.41) is 10.2. The summed E-state index contributed by atoms with van der Waals surface area (Å²) in [5.41, 5.74) is 3.70. The van der Waals surface area contributed by atoms with Gasteiger partial charge in [0.1, 0.15) is 5.82 Å². The molecule has 3 aromatic carbocycles. The second kappa shape index (κ2) is 8.43. The van der Waals surface area contributed by atoms with Crippen LogP contribution < -0.4 is 5.56 Å². The van der Waals surface area contributed by atoms with E-state index in [1.807, 2.05) is 60.0 Å². The number of nitrogens with one attached hydrogen (secondary N) is 1. The van der Waals surface area contributed by atoms with Crippen LogP contribution in [0.5, 0.6) is 0 Å². The molecule has 0 unspecified atom stereocenters. The molecule has 32 heavy (non-hydrogen) atoms. The van der Waals surface area contributed by atoms with Crippen molar-refractivity contribution in [1.29, 1.82) is 0 Å². The standard InChI is InChI=1S/C25H21N5OS/c1-16-12-14-18(15-13-16)23-28-29-25(30(23)19-8-4-3-5-9-19)32-17(2)22-26-21-11-7-6-10-20(21)24(31)27-22/h3-15,17H,1-2H3,(H,26,27,31)/t17-/m1/s1. The molecule has 0 saturated heterocycles. The molecule has 0 bridgehead atoms. The van der Waals surface area contributed by atoms with Crippen molar-refractivity contribution in [3.63, 3.8) is 0 Å². The summed E-state index contributed by atoms with van der Waals surface area (Å²) in [6, 6.07) is 25.6. The maximum Gasteiger partial charge on any atom is 0.258 e. The Balaban J connectivity index is 1.56. The van der Waals surface area contributed by atoms with Gasteiger partial charge in [-0.25, -0.2) is 4.98 Å². The highest BCUT2D eigenvalue weighted by Crippen LogP contribution is 2.35. The van der Waals surface area contributed by atoms with Crippen LogP contribution in [0.25, 0.3) is 28.0 Å². The van der Waals surface area contributed by atoms with Crippen molar-refractivity contribution in [3.05, 3.63) is 101 Å². The number of nitrogens with zero attached hydrogens (tertiary/aromatic N) is 4. The lowest BCUT2D eigenvalue weighted by Crippen LogP contribution is -2.13. The van der Waals surface area contributed by atoms with Crippen LogP contribution in [0.4, 0.5) is 0 Å². The molecule has 1 atom stereocenters. The van der Waals surface area contributed by atoms with E-state index in [4.69, 9.17) is 0 Å². The van der Waals surface area contributed by atoms with E-state index in [1.54, 1.807) is 6.07 Å². The number of hydrogen-bond donors (Lipinski definition) is 1. The largest absolute Gasteiger partial charge is 0.309 e. The van der Waals surface area contributed by atoms with Crippen molar-refractivity contribution in [2.24, 2.45) is 0 Å². The number of aromatic nitrogens is 5. The lowest BCUT2D eigenvalue weighted by molar-refractivity contribution is 0.862. The number of aromatic amines is 1. The van der Waals surface area contributed by atoms with Gasteiger partial charge in [0.2, 0.25) is 0 Å². The number of benzene rings is 3. The lowest BCUT2D eigenvalue weighted by Gasteiger charge is -2.14. The number of H-pyrrole nitrogens is 1. The molecule has 2 heterocycles. The van der Waals surface area contributed by atoms with Gasteiger partial charge in [-0.3, -0.25) is 9.36 Å². The Bertz CT molecular complexity index is 1440. The Morgan fingerprint density at radius 3 is 2.41 bits per heavy atom. The zero-order valence-corrected chi connectivity index (χ0v) is 18.5. The van der Waals surface area contributed by atoms with Gasteiger partial charge in [-0.05, 0) is 38.1 Å². The van der Waals surface area contributed by atoms with Crippen LogP contribution in [0.3, 0.4) is 0 Å². The predicted octanol–water partition coefficient (Wildman–Crippen LogP) is 5.33. The van der Waals surface area contributed by atoms with E-state index in [2.05, 4.69) is 51.4 Å². The van der Waals surface area contributed by atoms with Gasteiger partial charge >= 0.3 is 0 Å².